The van der Waals surface area contributed by atoms with E-state index in [4.69, 9.17) is 4.74 Å². The summed E-state index contributed by atoms with van der Waals surface area (Å²) in [6.07, 6.45) is -0.878. The topological polar surface area (TPSA) is 84.5 Å². The number of nitrogens with one attached hydrogen (secondary N) is 2. The Hall–Kier alpha value is -2.58. The first-order chi connectivity index (χ1) is 10.8. The Morgan fingerprint density at radius 2 is 2.00 bits per heavy atom. The van der Waals surface area contributed by atoms with Crippen LogP contribution in [0, 0.1) is 17.5 Å². The molecule has 0 saturated carbocycles. The van der Waals surface area contributed by atoms with Gasteiger partial charge in [-0.3, -0.25) is 9.59 Å². The van der Waals surface area contributed by atoms with Crippen LogP contribution < -0.4 is 10.6 Å². The number of carbonyl (C=O) groups excluding carboxylic acids is 3. The van der Waals surface area contributed by atoms with Gasteiger partial charge in [0.15, 0.2) is 23.6 Å². The summed E-state index contributed by atoms with van der Waals surface area (Å²) >= 11 is 0. The summed E-state index contributed by atoms with van der Waals surface area (Å²) in [5.41, 5.74) is -0.578. The Kier molecular flexibility index (Phi) is 4.87. The average molecular weight is 330 g/mol. The maximum Gasteiger partial charge on any atom is 0.329 e. The molecule has 0 bridgehead atoms. The van der Waals surface area contributed by atoms with Crippen LogP contribution in [0.25, 0.3) is 0 Å². The van der Waals surface area contributed by atoms with Crippen molar-refractivity contribution in [3.8, 4) is 0 Å². The Morgan fingerprint density at radius 3 is 2.61 bits per heavy atom. The normalized spacial score (nSPS) is 18.3. The molecular formula is C14H13F3N2O4. The predicted molar refractivity (Wildman–Crippen MR) is 71.7 cm³/mol. The zero-order valence-corrected chi connectivity index (χ0v) is 12.0. The highest BCUT2D eigenvalue weighted by Gasteiger charge is 2.31. The van der Waals surface area contributed by atoms with Gasteiger partial charge in [0, 0.05) is 6.42 Å². The second-order valence-electron chi connectivity index (χ2n) is 4.95. The number of hydrogen-bond acceptors (Lipinski definition) is 4. The second kappa shape index (κ2) is 6.67. The van der Waals surface area contributed by atoms with Crippen molar-refractivity contribution in [2.75, 3.05) is 5.32 Å². The van der Waals surface area contributed by atoms with Gasteiger partial charge in [0.25, 0.3) is 5.91 Å². The molecule has 1 fully saturated rings. The van der Waals surface area contributed by atoms with Crippen LogP contribution in [0.2, 0.25) is 0 Å². The fourth-order valence-corrected chi connectivity index (χ4v) is 1.96. The number of ether oxygens (including phenoxy) is 1. The van der Waals surface area contributed by atoms with Crippen LogP contribution in [-0.2, 0) is 19.1 Å². The number of carbonyl (C=O) groups is 3. The lowest BCUT2D eigenvalue weighted by molar-refractivity contribution is -0.155. The fraction of sp³-hybridized carbons (Fsp3) is 0.357. The first-order valence-corrected chi connectivity index (χ1v) is 6.74. The molecule has 2 amide bonds. The van der Waals surface area contributed by atoms with Crippen LogP contribution >= 0.6 is 0 Å². The van der Waals surface area contributed by atoms with Crippen molar-refractivity contribution in [3.63, 3.8) is 0 Å². The molecule has 0 aliphatic carbocycles. The Bertz CT molecular complexity index is 666. The van der Waals surface area contributed by atoms with E-state index in [2.05, 4.69) is 5.32 Å². The van der Waals surface area contributed by atoms with Crippen molar-refractivity contribution >= 4 is 23.5 Å². The maximum absolute atomic E-state index is 13.5. The number of benzene rings is 1. The summed E-state index contributed by atoms with van der Waals surface area (Å²) in [7, 11) is 0. The highest BCUT2D eigenvalue weighted by atomic mass is 19.2. The summed E-state index contributed by atoms with van der Waals surface area (Å²) < 4.78 is 44.2. The van der Waals surface area contributed by atoms with Gasteiger partial charge in [-0.1, -0.05) is 0 Å². The van der Waals surface area contributed by atoms with E-state index in [1.165, 1.54) is 6.92 Å². The van der Waals surface area contributed by atoms with Gasteiger partial charge >= 0.3 is 5.97 Å². The first kappa shape index (κ1) is 16.8. The third kappa shape index (κ3) is 3.79. The van der Waals surface area contributed by atoms with Gasteiger partial charge in [0.1, 0.15) is 6.04 Å². The minimum atomic E-state index is -1.72. The number of esters is 1. The fourth-order valence-electron chi connectivity index (χ4n) is 1.96. The minimum Gasteiger partial charge on any atom is -0.451 e. The summed E-state index contributed by atoms with van der Waals surface area (Å²) in [6.45, 7) is 1.22. The van der Waals surface area contributed by atoms with Gasteiger partial charge in [-0.15, -0.1) is 0 Å². The summed E-state index contributed by atoms with van der Waals surface area (Å²) in [5.74, 6) is -6.69. The molecule has 6 nitrogen and oxygen atoms in total. The van der Waals surface area contributed by atoms with Crippen LogP contribution in [0.3, 0.4) is 0 Å². The molecule has 0 unspecified atom stereocenters. The van der Waals surface area contributed by atoms with Crippen LogP contribution in [0.5, 0.6) is 0 Å². The van der Waals surface area contributed by atoms with Crippen molar-refractivity contribution < 1.29 is 32.3 Å². The number of amides is 2. The molecule has 1 aliphatic rings. The van der Waals surface area contributed by atoms with E-state index >= 15 is 0 Å². The molecule has 1 heterocycles. The van der Waals surface area contributed by atoms with E-state index in [1.807, 2.05) is 5.32 Å². The van der Waals surface area contributed by atoms with Crippen molar-refractivity contribution in [1.29, 1.82) is 0 Å². The van der Waals surface area contributed by atoms with Gasteiger partial charge in [-0.2, -0.15) is 0 Å². The predicted octanol–water partition coefficient (Wildman–Crippen LogP) is 1.25. The molecule has 1 aliphatic heterocycles. The Labute approximate surface area is 129 Å². The van der Waals surface area contributed by atoms with Gasteiger partial charge < -0.3 is 15.4 Å². The summed E-state index contributed by atoms with van der Waals surface area (Å²) in [6, 6.07) is 0.661. The van der Waals surface area contributed by atoms with Gasteiger partial charge in [0.05, 0.1) is 5.69 Å². The van der Waals surface area contributed by atoms with E-state index in [0.717, 1.165) is 6.07 Å². The molecule has 2 rings (SSSR count). The highest BCUT2D eigenvalue weighted by Crippen LogP contribution is 2.20. The van der Waals surface area contributed by atoms with Gasteiger partial charge in [-0.05, 0) is 25.5 Å². The van der Waals surface area contributed by atoms with Gasteiger partial charge in [-0.25, -0.2) is 18.0 Å². The molecule has 0 aromatic heterocycles. The number of hydrogen-bond donors (Lipinski definition) is 2. The second-order valence-corrected chi connectivity index (χ2v) is 4.95. The molecular weight excluding hydrogens is 317 g/mol. The number of rotatable bonds is 4. The Balaban J connectivity index is 1.96. The lowest BCUT2D eigenvalue weighted by Gasteiger charge is -2.16. The smallest absolute Gasteiger partial charge is 0.329 e. The monoisotopic (exact) mass is 330 g/mol. The quantitative estimate of drug-likeness (QED) is 0.643. The van der Waals surface area contributed by atoms with Crippen LogP contribution in [0.4, 0.5) is 18.9 Å². The van der Waals surface area contributed by atoms with Crippen molar-refractivity contribution in [1.82, 2.24) is 5.32 Å². The van der Waals surface area contributed by atoms with E-state index in [1.54, 1.807) is 0 Å². The summed E-state index contributed by atoms with van der Waals surface area (Å²) in [4.78, 5) is 34.5. The SMILES string of the molecule is C[C@H](OC(=O)[C@H]1CCC(=O)N1)C(=O)Nc1ccc(F)c(F)c1F. The zero-order chi connectivity index (χ0) is 17.1. The molecule has 1 saturated heterocycles. The third-order valence-corrected chi connectivity index (χ3v) is 3.24. The zero-order valence-electron chi connectivity index (χ0n) is 12.0. The molecule has 23 heavy (non-hydrogen) atoms. The highest BCUT2D eigenvalue weighted by molar-refractivity contribution is 5.96. The molecule has 0 radical (unpaired) electrons. The maximum atomic E-state index is 13.5. The largest absolute Gasteiger partial charge is 0.451 e. The van der Waals surface area contributed by atoms with E-state index in [9.17, 15) is 27.6 Å². The molecule has 1 aromatic carbocycles. The lowest BCUT2D eigenvalue weighted by atomic mass is 10.2. The minimum absolute atomic E-state index is 0.181. The molecule has 0 spiro atoms. The van der Waals surface area contributed by atoms with Gasteiger partial charge in [0.2, 0.25) is 5.91 Å². The third-order valence-electron chi connectivity index (χ3n) is 3.24. The molecule has 2 atom stereocenters. The van der Waals surface area contributed by atoms with Crippen LogP contribution in [-0.4, -0.2) is 29.9 Å². The van der Waals surface area contributed by atoms with Crippen LogP contribution in [0.1, 0.15) is 19.8 Å². The molecule has 9 heteroatoms. The first-order valence-electron chi connectivity index (χ1n) is 6.74. The van der Waals surface area contributed by atoms with Crippen molar-refractivity contribution in [2.45, 2.75) is 31.9 Å². The van der Waals surface area contributed by atoms with E-state index in [-0.39, 0.29) is 18.7 Å². The van der Waals surface area contributed by atoms with E-state index in [0.29, 0.717) is 6.07 Å². The molecule has 124 valence electrons. The Morgan fingerprint density at radius 1 is 1.30 bits per heavy atom. The number of halogens is 3. The molecule has 1 aromatic rings. The van der Waals surface area contributed by atoms with Crippen molar-refractivity contribution in [2.24, 2.45) is 0 Å². The summed E-state index contributed by atoms with van der Waals surface area (Å²) in [5, 5.41) is 4.37. The lowest BCUT2D eigenvalue weighted by Crippen LogP contribution is -2.39. The number of anilines is 1. The van der Waals surface area contributed by atoms with E-state index < -0.39 is 47.2 Å². The van der Waals surface area contributed by atoms with Crippen molar-refractivity contribution in [3.05, 3.63) is 29.6 Å². The standard InChI is InChI=1S/C14H13F3N2O4/c1-6(23-14(22)9-4-5-10(20)18-9)13(21)19-8-3-2-7(15)11(16)12(8)17/h2-3,6,9H,4-5H2,1H3,(H,18,20)(H,19,21)/t6-,9+/m0/s1. The van der Waals surface area contributed by atoms with Crippen LogP contribution in [0.15, 0.2) is 12.1 Å². The molecule has 2 N–H and O–H groups in total. The average Bonchev–Trinajstić information content (AvgIpc) is 2.94.